The third kappa shape index (κ3) is 2.99. The van der Waals surface area contributed by atoms with Crippen LogP contribution in [0.2, 0.25) is 0 Å². The van der Waals surface area contributed by atoms with Crippen LogP contribution in [0, 0.1) is 13.8 Å². The number of aromatic amines is 1. The largest absolute Gasteiger partial charge is 0.319 e. The average Bonchev–Trinajstić information content (AvgIpc) is 2.83. The Hall–Kier alpha value is -2.17. The highest BCUT2D eigenvalue weighted by atomic mass is 16.2. The second kappa shape index (κ2) is 5.22. The van der Waals surface area contributed by atoms with Crippen molar-refractivity contribution in [2.24, 2.45) is 0 Å². The van der Waals surface area contributed by atoms with Crippen molar-refractivity contribution in [2.75, 3.05) is 5.32 Å². The third-order valence-corrected chi connectivity index (χ3v) is 3.02. The molecule has 0 unspecified atom stereocenters. The summed E-state index contributed by atoms with van der Waals surface area (Å²) in [5, 5.41) is 9.49. The van der Waals surface area contributed by atoms with E-state index >= 15 is 0 Å². The topological polar surface area (TPSA) is 70.7 Å². The van der Waals surface area contributed by atoms with Crippen LogP contribution in [0.4, 0.5) is 5.69 Å². The maximum absolute atomic E-state index is 12.0. The number of nitrogens with one attached hydrogen (secondary N) is 2. The van der Waals surface area contributed by atoms with Crippen LogP contribution >= 0.6 is 0 Å². The molecule has 0 aliphatic rings. The zero-order valence-electron chi connectivity index (χ0n) is 11.6. The molecular weight excluding hydrogens is 240 g/mol. The number of aromatic nitrogens is 3. The fourth-order valence-corrected chi connectivity index (χ4v) is 1.64. The number of benzene rings is 1. The first-order valence-corrected chi connectivity index (χ1v) is 6.28. The Morgan fingerprint density at radius 3 is 2.58 bits per heavy atom. The number of nitrogens with zero attached hydrogens (tertiary/aromatic N) is 2. The van der Waals surface area contributed by atoms with Gasteiger partial charge in [0.1, 0.15) is 5.82 Å². The smallest absolute Gasteiger partial charge is 0.295 e. The average molecular weight is 258 g/mol. The highest BCUT2D eigenvalue weighted by Crippen LogP contribution is 2.15. The Balaban J connectivity index is 2.13. The quantitative estimate of drug-likeness (QED) is 0.889. The van der Waals surface area contributed by atoms with Crippen molar-refractivity contribution in [3.05, 3.63) is 41.0 Å². The number of rotatable bonds is 3. The Bertz CT molecular complexity index is 601. The molecule has 100 valence electrons. The number of hydrogen-bond acceptors (Lipinski definition) is 3. The summed E-state index contributed by atoms with van der Waals surface area (Å²) in [6.07, 6.45) is 0. The predicted molar refractivity (Wildman–Crippen MR) is 74.3 cm³/mol. The lowest BCUT2D eigenvalue weighted by molar-refractivity contribution is 0.101. The first kappa shape index (κ1) is 13.3. The molecule has 2 aromatic rings. The molecule has 0 saturated heterocycles. The Labute approximate surface area is 112 Å². The second-order valence-electron chi connectivity index (χ2n) is 4.95. The van der Waals surface area contributed by atoms with Gasteiger partial charge in [-0.1, -0.05) is 19.9 Å². The Morgan fingerprint density at radius 2 is 2.00 bits per heavy atom. The number of anilines is 1. The van der Waals surface area contributed by atoms with E-state index in [9.17, 15) is 4.79 Å². The summed E-state index contributed by atoms with van der Waals surface area (Å²) in [5.41, 5.74) is 3.08. The van der Waals surface area contributed by atoms with E-state index in [0.29, 0.717) is 5.82 Å². The van der Waals surface area contributed by atoms with Gasteiger partial charge in [0.25, 0.3) is 5.91 Å². The lowest BCUT2D eigenvalue weighted by atomic mass is 10.1. The fraction of sp³-hybridized carbons (Fsp3) is 0.357. The third-order valence-electron chi connectivity index (χ3n) is 3.02. The van der Waals surface area contributed by atoms with Gasteiger partial charge < -0.3 is 5.32 Å². The van der Waals surface area contributed by atoms with Crippen molar-refractivity contribution in [2.45, 2.75) is 33.6 Å². The van der Waals surface area contributed by atoms with E-state index < -0.39 is 0 Å². The molecule has 2 rings (SSSR count). The van der Waals surface area contributed by atoms with E-state index in [2.05, 4.69) is 20.5 Å². The minimum atomic E-state index is -0.300. The highest BCUT2D eigenvalue weighted by molar-refractivity contribution is 6.01. The molecule has 0 fully saturated rings. The first-order valence-electron chi connectivity index (χ1n) is 6.28. The van der Waals surface area contributed by atoms with E-state index in [1.54, 1.807) is 0 Å². The summed E-state index contributed by atoms with van der Waals surface area (Å²) >= 11 is 0. The summed E-state index contributed by atoms with van der Waals surface area (Å²) in [7, 11) is 0. The van der Waals surface area contributed by atoms with Gasteiger partial charge in [-0.3, -0.25) is 9.89 Å². The van der Waals surface area contributed by atoms with Gasteiger partial charge in [0.15, 0.2) is 0 Å². The van der Waals surface area contributed by atoms with Gasteiger partial charge in [0.05, 0.1) is 0 Å². The number of carbonyl (C=O) groups is 1. The summed E-state index contributed by atoms with van der Waals surface area (Å²) in [5.74, 6) is 0.800. The standard InChI is InChI=1S/C14H18N4O/c1-8(2)12-16-13(18-17-12)14(19)15-11-6-5-9(3)10(4)7-11/h5-8H,1-4H3,(H,15,19)(H,16,17,18). The molecule has 5 nitrogen and oxygen atoms in total. The number of H-pyrrole nitrogens is 1. The Morgan fingerprint density at radius 1 is 1.26 bits per heavy atom. The van der Waals surface area contributed by atoms with Crippen molar-refractivity contribution >= 4 is 11.6 Å². The summed E-state index contributed by atoms with van der Waals surface area (Å²) in [4.78, 5) is 16.2. The van der Waals surface area contributed by atoms with Crippen molar-refractivity contribution in [1.82, 2.24) is 15.2 Å². The van der Waals surface area contributed by atoms with Gasteiger partial charge in [-0.25, -0.2) is 4.98 Å². The van der Waals surface area contributed by atoms with Crippen LogP contribution in [-0.2, 0) is 0 Å². The van der Waals surface area contributed by atoms with Crippen LogP contribution in [0.1, 0.15) is 47.3 Å². The molecule has 5 heteroatoms. The molecule has 19 heavy (non-hydrogen) atoms. The highest BCUT2D eigenvalue weighted by Gasteiger charge is 2.14. The maximum Gasteiger partial charge on any atom is 0.295 e. The summed E-state index contributed by atoms with van der Waals surface area (Å²) in [6.45, 7) is 8.02. The molecular formula is C14H18N4O. The molecule has 0 bridgehead atoms. The van der Waals surface area contributed by atoms with Gasteiger partial charge in [-0.2, -0.15) is 0 Å². The minimum Gasteiger partial charge on any atom is -0.319 e. The Kier molecular flexibility index (Phi) is 3.64. The maximum atomic E-state index is 12.0. The van der Waals surface area contributed by atoms with E-state index in [1.807, 2.05) is 45.9 Å². The molecule has 1 heterocycles. The van der Waals surface area contributed by atoms with Crippen LogP contribution in [-0.4, -0.2) is 21.1 Å². The lowest BCUT2D eigenvalue weighted by Crippen LogP contribution is -2.14. The molecule has 1 aromatic heterocycles. The van der Waals surface area contributed by atoms with Crippen molar-refractivity contribution in [3.8, 4) is 0 Å². The molecule has 0 saturated carbocycles. The number of amides is 1. The lowest BCUT2D eigenvalue weighted by Gasteiger charge is -2.05. The molecule has 0 spiro atoms. The molecule has 0 aliphatic carbocycles. The van der Waals surface area contributed by atoms with Crippen LogP contribution in [0.5, 0.6) is 0 Å². The first-order chi connectivity index (χ1) is 8.97. The SMILES string of the molecule is Cc1ccc(NC(=O)c2n[nH]c(C(C)C)n2)cc1C. The second-order valence-corrected chi connectivity index (χ2v) is 4.95. The van der Waals surface area contributed by atoms with Gasteiger partial charge >= 0.3 is 0 Å². The monoisotopic (exact) mass is 258 g/mol. The van der Waals surface area contributed by atoms with E-state index in [-0.39, 0.29) is 17.6 Å². The van der Waals surface area contributed by atoms with Crippen LogP contribution in [0.15, 0.2) is 18.2 Å². The van der Waals surface area contributed by atoms with Crippen LogP contribution < -0.4 is 5.32 Å². The van der Waals surface area contributed by atoms with Gasteiger partial charge in [0.2, 0.25) is 5.82 Å². The molecule has 0 radical (unpaired) electrons. The minimum absolute atomic E-state index is 0.168. The number of aryl methyl sites for hydroxylation is 2. The van der Waals surface area contributed by atoms with Crippen molar-refractivity contribution in [1.29, 1.82) is 0 Å². The van der Waals surface area contributed by atoms with Crippen molar-refractivity contribution < 1.29 is 4.79 Å². The zero-order chi connectivity index (χ0) is 14.0. The van der Waals surface area contributed by atoms with Gasteiger partial charge in [-0.05, 0) is 37.1 Å². The number of carbonyl (C=O) groups excluding carboxylic acids is 1. The molecule has 1 amide bonds. The fourth-order valence-electron chi connectivity index (χ4n) is 1.64. The van der Waals surface area contributed by atoms with Gasteiger partial charge in [0, 0.05) is 11.6 Å². The van der Waals surface area contributed by atoms with Crippen molar-refractivity contribution in [3.63, 3.8) is 0 Å². The van der Waals surface area contributed by atoms with Crippen LogP contribution in [0.25, 0.3) is 0 Å². The molecule has 0 aliphatic heterocycles. The molecule has 2 N–H and O–H groups in total. The van der Waals surface area contributed by atoms with Crippen LogP contribution in [0.3, 0.4) is 0 Å². The molecule has 0 atom stereocenters. The van der Waals surface area contributed by atoms with E-state index in [1.165, 1.54) is 5.56 Å². The van der Waals surface area contributed by atoms with E-state index in [4.69, 9.17) is 0 Å². The van der Waals surface area contributed by atoms with E-state index in [0.717, 1.165) is 11.3 Å². The number of hydrogen-bond donors (Lipinski definition) is 2. The molecule has 1 aromatic carbocycles. The summed E-state index contributed by atoms with van der Waals surface area (Å²) in [6, 6.07) is 5.78. The normalized spacial score (nSPS) is 10.8. The zero-order valence-corrected chi connectivity index (χ0v) is 11.6. The summed E-state index contributed by atoms with van der Waals surface area (Å²) < 4.78 is 0. The predicted octanol–water partition coefficient (Wildman–Crippen LogP) is 2.80. The van der Waals surface area contributed by atoms with Gasteiger partial charge in [-0.15, -0.1) is 5.10 Å².